The molecule has 0 N–H and O–H groups in total. The lowest BCUT2D eigenvalue weighted by molar-refractivity contribution is -0.146. The topological polar surface area (TPSA) is 52.3 Å². The Balaban J connectivity index is 2.14. The van der Waals surface area contributed by atoms with Crippen LogP contribution in [-0.2, 0) is 6.18 Å². The van der Waals surface area contributed by atoms with Gasteiger partial charge in [-0.3, -0.25) is 0 Å². The molecule has 0 unspecified atom stereocenters. The van der Waals surface area contributed by atoms with Gasteiger partial charge in [-0.2, -0.15) is 22.8 Å². The fourth-order valence-electron chi connectivity index (χ4n) is 1.79. The normalized spacial score (nSPS) is 12.1. The van der Waals surface area contributed by atoms with Gasteiger partial charge in [0.2, 0.25) is 4.96 Å². The van der Waals surface area contributed by atoms with Crippen LogP contribution in [0.4, 0.5) is 13.2 Å². The molecule has 116 valence electrons. The van der Waals surface area contributed by atoms with Gasteiger partial charge in [0, 0.05) is 5.56 Å². The lowest BCUT2D eigenvalue weighted by atomic mass is 10.2. The summed E-state index contributed by atoms with van der Waals surface area (Å²) in [6.45, 7) is 0. The number of rotatable bonds is 2. The van der Waals surface area contributed by atoms with E-state index < -0.39 is 12.0 Å². The Morgan fingerprint density at radius 3 is 2.36 bits per heavy atom. The van der Waals surface area contributed by atoms with Crippen molar-refractivity contribution in [1.82, 2.24) is 19.8 Å². The van der Waals surface area contributed by atoms with Crippen LogP contribution in [0.2, 0.25) is 10.0 Å². The highest BCUT2D eigenvalue weighted by molar-refractivity contribution is 7.19. The van der Waals surface area contributed by atoms with Gasteiger partial charge in [-0.1, -0.05) is 34.5 Å². The summed E-state index contributed by atoms with van der Waals surface area (Å²) >= 11 is 13.0. The van der Waals surface area contributed by atoms with Crippen molar-refractivity contribution in [3.8, 4) is 16.3 Å². The molecular weight excluding hydrogens is 364 g/mol. The van der Waals surface area contributed by atoms with Crippen LogP contribution in [0, 0.1) is 0 Å². The summed E-state index contributed by atoms with van der Waals surface area (Å²) in [4.78, 5) is 0.0189. The molecule has 0 aliphatic rings. The van der Waals surface area contributed by atoms with Crippen LogP contribution < -0.4 is 4.74 Å². The molecule has 22 heavy (non-hydrogen) atoms. The Labute approximate surface area is 135 Å². The third kappa shape index (κ3) is 2.49. The SMILES string of the molecule is COc1c(Cl)cc(-c2nn3c(C(F)(F)F)nnc3s2)cc1Cl. The predicted molar refractivity (Wildman–Crippen MR) is 75.7 cm³/mol. The van der Waals surface area contributed by atoms with Gasteiger partial charge < -0.3 is 4.74 Å². The molecule has 1 aromatic carbocycles. The van der Waals surface area contributed by atoms with Crippen LogP contribution in [0.1, 0.15) is 5.82 Å². The van der Waals surface area contributed by atoms with E-state index in [1.165, 1.54) is 19.2 Å². The first-order valence-electron chi connectivity index (χ1n) is 5.64. The van der Waals surface area contributed by atoms with Crippen molar-refractivity contribution < 1.29 is 17.9 Å². The van der Waals surface area contributed by atoms with Crippen LogP contribution in [0.3, 0.4) is 0 Å². The highest BCUT2D eigenvalue weighted by Crippen LogP contribution is 2.39. The summed E-state index contributed by atoms with van der Waals surface area (Å²) in [6.07, 6.45) is -4.64. The van der Waals surface area contributed by atoms with Crippen LogP contribution >= 0.6 is 34.5 Å². The molecule has 5 nitrogen and oxygen atoms in total. The number of hydrogen-bond acceptors (Lipinski definition) is 5. The third-order valence-electron chi connectivity index (χ3n) is 2.69. The Hall–Kier alpha value is -1.58. The van der Waals surface area contributed by atoms with E-state index in [2.05, 4.69) is 15.3 Å². The van der Waals surface area contributed by atoms with E-state index in [4.69, 9.17) is 27.9 Å². The number of aromatic nitrogens is 4. The van der Waals surface area contributed by atoms with Gasteiger partial charge in [0.05, 0.1) is 17.2 Å². The number of hydrogen-bond donors (Lipinski definition) is 0. The highest BCUT2D eigenvalue weighted by Gasteiger charge is 2.38. The summed E-state index contributed by atoms with van der Waals surface area (Å²) in [6, 6.07) is 3.01. The number of ether oxygens (including phenoxy) is 1. The molecule has 0 amide bonds. The van der Waals surface area contributed by atoms with E-state index >= 15 is 0 Å². The molecule has 3 aromatic rings. The third-order valence-corrected chi connectivity index (χ3v) is 4.20. The molecule has 0 radical (unpaired) electrons. The monoisotopic (exact) mass is 368 g/mol. The first kappa shape index (κ1) is 15.3. The van der Waals surface area contributed by atoms with Crippen LogP contribution in [0.25, 0.3) is 15.5 Å². The van der Waals surface area contributed by atoms with E-state index in [9.17, 15) is 13.2 Å². The minimum Gasteiger partial charge on any atom is -0.494 e. The van der Waals surface area contributed by atoms with Crippen molar-refractivity contribution in [2.45, 2.75) is 6.18 Å². The Morgan fingerprint density at radius 2 is 1.82 bits per heavy atom. The number of methoxy groups -OCH3 is 1. The van der Waals surface area contributed by atoms with E-state index in [0.29, 0.717) is 10.1 Å². The lowest BCUT2D eigenvalue weighted by Crippen LogP contribution is -2.11. The second kappa shape index (κ2) is 5.25. The first-order chi connectivity index (χ1) is 10.3. The Morgan fingerprint density at radius 1 is 1.18 bits per heavy atom. The first-order valence-corrected chi connectivity index (χ1v) is 7.21. The summed E-state index contributed by atoms with van der Waals surface area (Å²) in [5.41, 5.74) is 0.458. The number of fused-ring (bicyclic) bond motifs is 1. The van der Waals surface area contributed by atoms with E-state index in [1.54, 1.807) is 0 Å². The van der Waals surface area contributed by atoms with E-state index in [0.717, 1.165) is 11.3 Å². The van der Waals surface area contributed by atoms with Crippen molar-refractivity contribution >= 4 is 39.5 Å². The molecule has 0 saturated heterocycles. The van der Waals surface area contributed by atoms with Gasteiger partial charge in [-0.05, 0) is 12.1 Å². The largest absolute Gasteiger partial charge is 0.494 e. The van der Waals surface area contributed by atoms with Crippen molar-refractivity contribution in [3.63, 3.8) is 0 Å². The minimum absolute atomic E-state index is 0.0189. The van der Waals surface area contributed by atoms with Crippen molar-refractivity contribution in [2.24, 2.45) is 0 Å². The molecule has 0 bridgehead atoms. The fourth-order valence-corrected chi connectivity index (χ4v) is 3.26. The van der Waals surface area contributed by atoms with E-state index in [-0.39, 0.29) is 25.8 Å². The van der Waals surface area contributed by atoms with Crippen LogP contribution in [-0.4, -0.2) is 26.9 Å². The quantitative estimate of drug-likeness (QED) is 0.680. The molecule has 3 rings (SSSR count). The maximum absolute atomic E-state index is 12.8. The second-order valence-electron chi connectivity index (χ2n) is 4.10. The smallest absolute Gasteiger partial charge is 0.453 e. The zero-order chi connectivity index (χ0) is 16.1. The van der Waals surface area contributed by atoms with Crippen molar-refractivity contribution in [1.29, 1.82) is 0 Å². The summed E-state index contributed by atoms with van der Waals surface area (Å²) in [5, 5.41) is 11.2. The average molecular weight is 369 g/mol. The number of alkyl halides is 3. The maximum atomic E-state index is 12.8. The zero-order valence-electron chi connectivity index (χ0n) is 10.6. The van der Waals surface area contributed by atoms with Crippen molar-refractivity contribution in [2.75, 3.05) is 7.11 Å². The molecule has 2 heterocycles. The standard InChI is InChI=1S/C11H5Cl2F3N4OS/c1-21-7-5(12)2-4(3-6(7)13)8-19-20-9(11(14,15)16)17-18-10(20)22-8/h2-3H,1H3. The van der Waals surface area contributed by atoms with Gasteiger partial charge in [0.15, 0.2) is 5.75 Å². The summed E-state index contributed by atoms with van der Waals surface area (Å²) in [5.74, 6) is -0.901. The van der Waals surface area contributed by atoms with Gasteiger partial charge in [0.1, 0.15) is 5.01 Å². The number of halogens is 5. The number of nitrogens with zero attached hydrogens (tertiary/aromatic N) is 4. The molecular formula is C11H5Cl2F3N4OS. The predicted octanol–water partition coefficient (Wildman–Crippen LogP) is 4.19. The van der Waals surface area contributed by atoms with Gasteiger partial charge in [0.25, 0.3) is 5.82 Å². The molecule has 0 atom stereocenters. The molecule has 2 aromatic heterocycles. The molecule has 11 heteroatoms. The Bertz CT molecular complexity index is 838. The summed E-state index contributed by atoms with van der Waals surface area (Å²) in [7, 11) is 1.41. The van der Waals surface area contributed by atoms with Gasteiger partial charge >= 0.3 is 6.18 Å². The zero-order valence-corrected chi connectivity index (χ0v) is 13.0. The number of benzene rings is 1. The maximum Gasteiger partial charge on any atom is 0.453 e. The molecule has 0 saturated carbocycles. The minimum atomic E-state index is -4.64. The highest BCUT2D eigenvalue weighted by atomic mass is 35.5. The fraction of sp³-hybridized carbons (Fsp3) is 0.182. The molecule has 0 spiro atoms. The molecule has 0 fully saturated rings. The van der Waals surface area contributed by atoms with Gasteiger partial charge in [-0.15, -0.1) is 10.2 Å². The Kier molecular flexibility index (Phi) is 3.66. The van der Waals surface area contributed by atoms with Crippen LogP contribution in [0.15, 0.2) is 12.1 Å². The van der Waals surface area contributed by atoms with Crippen molar-refractivity contribution in [3.05, 3.63) is 28.0 Å². The average Bonchev–Trinajstić information content (AvgIpc) is 2.96. The second-order valence-corrected chi connectivity index (χ2v) is 5.87. The van der Waals surface area contributed by atoms with Gasteiger partial charge in [-0.25, -0.2) is 0 Å². The lowest BCUT2D eigenvalue weighted by Gasteiger charge is -2.06. The van der Waals surface area contributed by atoms with E-state index in [1.807, 2.05) is 0 Å². The van der Waals surface area contributed by atoms with Crippen LogP contribution in [0.5, 0.6) is 5.75 Å². The summed E-state index contributed by atoms with van der Waals surface area (Å²) < 4.78 is 44.0. The molecule has 0 aliphatic heterocycles. The molecule has 0 aliphatic carbocycles.